The number of rotatable bonds is 4. The first kappa shape index (κ1) is 12.8. The van der Waals surface area contributed by atoms with Gasteiger partial charge in [0.15, 0.2) is 0 Å². The average molecular weight is 244 g/mol. The smallest absolute Gasteiger partial charge is 0.0962 e. The molecule has 0 aliphatic carbocycles. The van der Waals surface area contributed by atoms with Crippen LogP contribution in [0.1, 0.15) is 34.9 Å². The van der Waals surface area contributed by atoms with E-state index in [9.17, 15) is 5.11 Å². The average Bonchev–Trinajstić information content (AvgIpc) is 2.68. The van der Waals surface area contributed by atoms with Crippen LogP contribution < -0.4 is 0 Å². The lowest BCUT2D eigenvalue weighted by Gasteiger charge is -2.12. The van der Waals surface area contributed by atoms with Crippen molar-refractivity contribution in [1.82, 2.24) is 9.78 Å². The lowest BCUT2D eigenvalue weighted by atomic mass is 10.0. The Bertz CT molecular complexity index is 494. The zero-order valence-corrected chi connectivity index (χ0v) is 11.2. The Labute approximate surface area is 108 Å². The highest BCUT2D eigenvalue weighted by atomic mass is 16.3. The highest BCUT2D eigenvalue weighted by Crippen LogP contribution is 2.21. The second-order valence-corrected chi connectivity index (χ2v) is 4.88. The molecule has 1 N–H and O–H groups in total. The van der Waals surface area contributed by atoms with Gasteiger partial charge in [0.25, 0.3) is 0 Å². The number of benzene rings is 1. The molecule has 0 saturated heterocycles. The Hall–Kier alpha value is -1.61. The van der Waals surface area contributed by atoms with Gasteiger partial charge in [-0.25, -0.2) is 0 Å². The van der Waals surface area contributed by atoms with Crippen molar-refractivity contribution in [3.8, 4) is 0 Å². The van der Waals surface area contributed by atoms with Crippen molar-refractivity contribution in [2.45, 2.75) is 32.8 Å². The van der Waals surface area contributed by atoms with E-state index in [2.05, 4.69) is 36.3 Å². The molecule has 1 heterocycles. The van der Waals surface area contributed by atoms with Gasteiger partial charge < -0.3 is 5.11 Å². The molecule has 18 heavy (non-hydrogen) atoms. The minimum Gasteiger partial charge on any atom is -0.387 e. The van der Waals surface area contributed by atoms with Crippen molar-refractivity contribution in [1.29, 1.82) is 0 Å². The van der Waals surface area contributed by atoms with Crippen molar-refractivity contribution < 1.29 is 5.11 Å². The van der Waals surface area contributed by atoms with Crippen molar-refractivity contribution in [3.05, 3.63) is 52.8 Å². The fourth-order valence-electron chi connectivity index (χ4n) is 2.23. The molecular formula is C15H20N2O. The molecule has 0 aliphatic heterocycles. The van der Waals surface area contributed by atoms with Gasteiger partial charge in [-0.2, -0.15) is 5.10 Å². The Kier molecular flexibility index (Phi) is 3.82. The topological polar surface area (TPSA) is 38.1 Å². The summed E-state index contributed by atoms with van der Waals surface area (Å²) in [5.41, 5.74) is 4.50. The lowest BCUT2D eigenvalue weighted by molar-refractivity contribution is 0.157. The first-order valence-corrected chi connectivity index (χ1v) is 6.30. The van der Waals surface area contributed by atoms with E-state index in [4.69, 9.17) is 0 Å². The van der Waals surface area contributed by atoms with Gasteiger partial charge in [-0.15, -0.1) is 0 Å². The molecule has 2 aromatic rings. The third kappa shape index (κ3) is 2.79. The van der Waals surface area contributed by atoms with Crippen LogP contribution >= 0.6 is 0 Å². The van der Waals surface area contributed by atoms with Crippen LogP contribution in [0.4, 0.5) is 0 Å². The van der Waals surface area contributed by atoms with Gasteiger partial charge in [-0.3, -0.25) is 4.68 Å². The highest BCUT2D eigenvalue weighted by molar-refractivity contribution is 5.22. The van der Waals surface area contributed by atoms with E-state index in [0.29, 0.717) is 0 Å². The molecule has 2 rings (SSSR count). The van der Waals surface area contributed by atoms with Gasteiger partial charge in [-0.05, 0) is 37.8 Å². The predicted molar refractivity (Wildman–Crippen MR) is 72.4 cm³/mol. The fraction of sp³-hybridized carbons (Fsp3) is 0.400. The van der Waals surface area contributed by atoms with Gasteiger partial charge in [0.05, 0.1) is 18.0 Å². The second kappa shape index (κ2) is 5.36. The van der Waals surface area contributed by atoms with Crippen LogP contribution in [0.3, 0.4) is 0 Å². The maximum Gasteiger partial charge on any atom is 0.0962 e. The molecule has 0 aliphatic rings. The quantitative estimate of drug-likeness (QED) is 0.898. The van der Waals surface area contributed by atoms with Crippen LogP contribution in [0.25, 0.3) is 0 Å². The van der Waals surface area contributed by atoms with E-state index in [0.717, 1.165) is 24.1 Å². The largest absolute Gasteiger partial charge is 0.387 e. The number of aliphatic hydroxyl groups is 1. The van der Waals surface area contributed by atoms with Gasteiger partial charge in [0, 0.05) is 7.05 Å². The first-order chi connectivity index (χ1) is 8.58. The molecule has 96 valence electrons. The summed E-state index contributed by atoms with van der Waals surface area (Å²) in [6.45, 7) is 4.06. The van der Waals surface area contributed by atoms with Crippen LogP contribution in [-0.4, -0.2) is 14.9 Å². The summed E-state index contributed by atoms with van der Waals surface area (Å²) < 4.78 is 1.76. The molecule has 1 atom stereocenters. The minimum absolute atomic E-state index is 0.446. The van der Waals surface area contributed by atoms with Crippen LogP contribution in [0.2, 0.25) is 0 Å². The number of aliphatic hydroxyl groups excluding tert-OH is 1. The van der Waals surface area contributed by atoms with Crippen LogP contribution in [0.5, 0.6) is 0 Å². The molecule has 3 nitrogen and oxygen atoms in total. The third-order valence-electron chi connectivity index (χ3n) is 3.32. The van der Waals surface area contributed by atoms with Crippen molar-refractivity contribution in [3.63, 3.8) is 0 Å². The molecule has 1 aromatic heterocycles. The Morgan fingerprint density at radius 1 is 1.22 bits per heavy atom. The maximum atomic E-state index is 10.2. The Morgan fingerprint density at radius 2 is 1.89 bits per heavy atom. The Morgan fingerprint density at radius 3 is 2.44 bits per heavy atom. The minimum atomic E-state index is -0.446. The molecular weight excluding hydrogens is 224 g/mol. The number of aryl methyl sites for hydroxylation is 4. The highest BCUT2D eigenvalue weighted by Gasteiger charge is 2.14. The molecule has 1 aromatic carbocycles. The monoisotopic (exact) mass is 244 g/mol. The summed E-state index contributed by atoms with van der Waals surface area (Å²) in [5, 5.41) is 14.4. The molecule has 0 fully saturated rings. The van der Waals surface area contributed by atoms with E-state index < -0.39 is 6.10 Å². The van der Waals surface area contributed by atoms with Crippen molar-refractivity contribution in [2.75, 3.05) is 0 Å². The van der Waals surface area contributed by atoms with Gasteiger partial charge in [-0.1, -0.05) is 29.8 Å². The summed E-state index contributed by atoms with van der Waals surface area (Å²) in [6, 6.07) is 8.46. The van der Waals surface area contributed by atoms with E-state index in [1.807, 2.05) is 14.0 Å². The van der Waals surface area contributed by atoms with Crippen LogP contribution in [-0.2, 0) is 13.5 Å². The maximum absolute atomic E-state index is 10.2. The summed E-state index contributed by atoms with van der Waals surface area (Å²) in [5.74, 6) is 0. The summed E-state index contributed by atoms with van der Waals surface area (Å²) in [4.78, 5) is 0. The Balaban J connectivity index is 2.00. The van der Waals surface area contributed by atoms with Gasteiger partial charge >= 0.3 is 0 Å². The van der Waals surface area contributed by atoms with E-state index in [-0.39, 0.29) is 0 Å². The van der Waals surface area contributed by atoms with E-state index >= 15 is 0 Å². The molecule has 0 spiro atoms. The number of hydrogen-bond acceptors (Lipinski definition) is 2. The van der Waals surface area contributed by atoms with Gasteiger partial charge in [0.1, 0.15) is 0 Å². The fourth-order valence-corrected chi connectivity index (χ4v) is 2.23. The van der Waals surface area contributed by atoms with Gasteiger partial charge in [0.2, 0.25) is 0 Å². The standard InChI is InChI=1S/C15H20N2O/c1-11-4-6-13(7-5-11)8-9-14(18)15-12(2)10-16-17(15)3/h4-7,10,14,18H,8-9H2,1-3H3. The molecule has 0 bridgehead atoms. The number of hydrogen-bond donors (Lipinski definition) is 1. The second-order valence-electron chi connectivity index (χ2n) is 4.88. The summed E-state index contributed by atoms with van der Waals surface area (Å²) >= 11 is 0. The number of nitrogens with zero attached hydrogens (tertiary/aromatic N) is 2. The molecule has 0 radical (unpaired) electrons. The van der Waals surface area contributed by atoms with E-state index in [1.54, 1.807) is 10.9 Å². The van der Waals surface area contributed by atoms with E-state index in [1.165, 1.54) is 11.1 Å². The van der Waals surface area contributed by atoms with Crippen molar-refractivity contribution >= 4 is 0 Å². The molecule has 0 amide bonds. The normalized spacial score (nSPS) is 12.7. The zero-order valence-electron chi connectivity index (χ0n) is 11.2. The van der Waals surface area contributed by atoms with Crippen molar-refractivity contribution in [2.24, 2.45) is 7.05 Å². The first-order valence-electron chi connectivity index (χ1n) is 6.30. The summed E-state index contributed by atoms with van der Waals surface area (Å²) in [7, 11) is 1.87. The SMILES string of the molecule is Cc1ccc(CCC(O)c2c(C)cnn2C)cc1. The summed E-state index contributed by atoms with van der Waals surface area (Å²) in [6.07, 6.45) is 2.96. The zero-order chi connectivity index (χ0) is 13.1. The molecule has 3 heteroatoms. The number of aromatic nitrogens is 2. The third-order valence-corrected chi connectivity index (χ3v) is 3.32. The lowest BCUT2D eigenvalue weighted by Crippen LogP contribution is -2.07. The molecule has 1 unspecified atom stereocenters. The van der Waals surface area contributed by atoms with Crippen LogP contribution in [0, 0.1) is 13.8 Å². The predicted octanol–water partition coefficient (Wildman–Crippen LogP) is 2.70. The molecule has 0 saturated carbocycles. The van der Waals surface area contributed by atoms with Crippen LogP contribution in [0.15, 0.2) is 30.5 Å².